The van der Waals surface area contributed by atoms with Crippen LogP contribution in [0.5, 0.6) is 0 Å². The Morgan fingerprint density at radius 1 is 0.429 bits per heavy atom. The third kappa shape index (κ3) is 29.9. The average Bonchev–Trinajstić information content (AvgIpc) is 2.83. The average molecular weight is 516 g/mol. The highest BCUT2D eigenvalue weighted by molar-refractivity contribution is 5.85. The van der Waals surface area contributed by atoms with Crippen molar-refractivity contribution in [2.75, 3.05) is 0 Å². The van der Waals surface area contributed by atoms with Crippen molar-refractivity contribution < 1.29 is 4.79 Å². The van der Waals surface area contributed by atoms with Gasteiger partial charge in [0.2, 0.25) is 5.91 Å². The van der Waals surface area contributed by atoms with Crippen LogP contribution in [0.1, 0.15) is 194 Å². The number of rotatable bonds is 29. The van der Waals surface area contributed by atoms with Gasteiger partial charge in [0.25, 0.3) is 0 Å². The normalized spacial score (nSPS) is 11.9. The van der Waals surface area contributed by atoms with Crippen molar-refractivity contribution >= 4 is 18.3 Å². The van der Waals surface area contributed by atoms with E-state index in [4.69, 9.17) is 5.73 Å². The summed E-state index contributed by atoms with van der Waals surface area (Å²) in [7, 11) is 0. The van der Waals surface area contributed by atoms with Crippen LogP contribution in [-0.4, -0.2) is 5.91 Å². The summed E-state index contributed by atoms with van der Waals surface area (Å²) in [5.74, 6) is 0.0678. The molecule has 0 radical (unpaired) electrons. The van der Waals surface area contributed by atoms with Crippen LogP contribution in [0.4, 0.5) is 0 Å². The predicted molar refractivity (Wildman–Crippen MR) is 161 cm³/mol. The zero-order valence-corrected chi connectivity index (χ0v) is 25.1. The van der Waals surface area contributed by atoms with Gasteiger partial charge >= 0.3 is 0 Å². The molecule has 0 spiro atoms. The van der Waals surface area contributed by atoms with Crippen molar-refractivity contribution in [2.45, 2.75) is 194 Å². The molecule has 2 nitrogen and oxygen atoms in total. The van der Waals surface area contributed by atoms with Gasteiger partial charge in [-0.1, -0.05) is 181 Å². The molecule has 1 unspecified atom stereocenters. The SMILES string of the molecule is CCCCCCCCCCCCCCCCC(CCCCCCCCCCCCCC)C(N)=O.Cl. The fraction of sp³-hybridized carbons (Fsp3) is 0.969. The van der Waals surface area contributed by atoms with Gasteiger partial charge in [-0.15, -0.1) is 12.4 Å². The van der Waals surface area contributed by atoms with Crippen molar-refractivity contribution in [1.82, 2.24) is 0 Å². The van der Waals surface area contributed by atoms with Crippen LogP contribution in [0.2, 0.25) is 0 Å². The Morgan fingerprint density at radius 3 is 0.829 bits per heavy atom. The quantitative estimate of drug-likeness (QED) is 0.0988. The molecule has 3 heteroatoms. The minimum absolute atomic E-state index is 0. The highest BCUT2D eigenvalue weighted by Crippen LogP contribution is 2.20. The highest BCUT2D eigenvalue weighted by atomic mass is 35.5. The van der Waals surface area contributed by atoms with E-state index < -0.39 is 0 Å². The second-order valence-electron chi connectivity index (χ2n) is 11.2. The number of hydrogen-bond acceptors (Lipinski definition) is 1. The molecule has 0 aromatic rings. The summed E-state index contributed by atoms with van der Waals surface area (Å²) < 4.78 is 0. The Labute approximate surface area is 228 Å². The second-order valence-corrected chi connectivity index (χ2v) is 11.2. The largest absolute Gasteiger partial charge is 0.369 e. The number of halogens is 1. The van der Waals surface area contributed by atoms with E-state index in [2.05, 4.69) is 13.8 Å². The molecule has 0 aromatic heterocycles. The first-order valence-electron chi connectivity index (χ1n) is 16.0. The maximum Gasteiger partial charge on any atom is 0.220 e. The van der Waals surface area contributed by atoms with E-state index in [-0.39, 0.29) is 24.2 Å². The lowest BCUT2D eigenvalue weighted by atomic mass is 9.93. The summed E-state index contributed by atoms with van der Waals surface area (Å²) in [6.07, 6.45) is 37.8. The zero-order chi connectivity index (χ0) is 25.0. The monoisotopic (exact) mass is 515 g/mol. The molecule has 0 saturated heterocycles. The Morgan fingerprint density at radius 2 is 0.629 bits per heavy atom. The summed E-state index contributed by atoms with van der Waals surface area (Å²) in [6.45, 7) is 4.57. The Balaban J connectivity index is 0. The van der Waals surface area contributed by atoms with Gasteiger partial charge < -0.3 is 5.73 Å². The van der Waals surface area contributed by atoms with Gasteiger partial charge in [-0.05, 0) is 12.8 Å². The van der Waals surface area contributed by atoms with E-state index in [1.54, 1.807) is 0 Å². The van der Waals surface area contributed by atoms with Crippen molar-refractivity contribution in [2.24, 2.45) is 11.7 Å². The van der Waals surface area contributed by atoms with Gasteiger partial charge in [0, 0.05) is 5.92 Å². The fourth-order valence-electron chi connectivity index (χ4n) is 5.25. The number of nitrogens with two attached hydrogens (primary N) is 1. The van der Waals surface area contributed by atoms with Crippen molar-refractivity contribution in [1.29, 1.82) is 0 Å². The molecule has 0 aliphatic carbocycles. The fourth-order valence-corrected chi connectivity index (χ4v) is 5.25. The summed E-state index contributed by atoms with van der Waals surface area (Å²) >= 11 is 0. The van der Waals surface area contributed by atoms with Gasteiger partial charge in [-0.25, -0.2) is 0 Å². The molecule has 0 saturated carbocycles. The van der Waals surface area contributed by atoms with Crippen LogP contribution in [0, 0.1) is 5.92 Å². The second kappa shape index (κ2) is 31.8. The third-order valence-electron chi connectivity index (χ3n) is 7.71. The third-order valence-corrected chi connectivity index (χ3v) is 7.71. The molecule has 35 heavy (non-hydrogen) atoms. The van der Waals surface area contributed by atoms with Crippen LogP contribution < -0.4 is 5.73 Å². The van der Waals surface area contributed by atoms with Crippen molar-refractivity contribution in [3.05, 3.63) is 0 Å². The number of primary amides is 1. The topological polar surface area (TPSA) is 43.1 Å². The lowest BCUT2D eigenvalue weighted by molar-refractivity contribution is -0.122. The summed E-state index contributed by atoms with van der Waals surface area (Å²) in [4.78, 5) is 11.8. The number of hydrogen-bond donors (Lipinski definition) is 1. The molecule has 0 heterocycles. The van der Waals surface area contributed by atoms with Crippen LogP contribution in [-0.2, 0) is 4.79 Å². The van der Waals surface area contributed by atoms with Gasteiger partial charge in [0.15, 0.2) is 0 Å². The zero-order valence-electron chi connectivity index (χ0n) is 24.3. The standard InChI is InChI=1S/C32H65NO.ClH/c1-3-5-7-9-11-13-15-17-18-20-22-24-26-28-30-31(32(33)34)29-27-25-23-21-19-16-14-12-10-8-6-4-2;/h31H,3-30H2,1-2H3,(H2,33,34);1H. The minimum Gasteiger partial charge on any atom is -0.369 e. The molecular weight excluding hydrogens is 450 g/mol. The molecule has 212 valence electrons. The maximum atomic E-state index is 11.8. The molecule has 0 aliphatic heterocycles. The number of amides is 1. The Hall–Kier alpha value is -0.240. The lowest BCUT2D eigenvalue weighted by Crippen LogP contribution is -2.23. The molecule has 1 atom stereocenters. The van der Waals surface area contributed by atoms with E-state index in [0.717, 1.165) is 12.8 Å². The number of carbonyl (C=O) groups is 1. The van der Waals surface area contributed by atoms with E-state index in [1.165, 1.54) is 167 Å². The van der Waals surface area contributed by atoms with Gasteiger partial charge in [-0.3, -0.25) is 4.79 Å². The van der Waals surface area contributed by atoms with E-state index in [9.17, 15) is 4.79 Å². The smallest absolute Gasteiger partial charge is 0.220 e. The van der Waals surface area contributed by atoms with Crippen LogP contribution in [0.3, 0.4) is 0 Å². The molecular formula is C32H66ClNO. The van der Waals surface area contributed by atoms with E-state index in [1.807, 2.05) is 0 Å². The van der Waals surface area contributed by atoms with Crippen molar-refractivity contribution in [3.63, 3.8) is 0 Å². The highest BCUT2D eigenvalue weighted by Gasteiger charge is 2.14. The summed E-state index contributed by atoms with van der Waals surface area (Å²) in [5.41, 5.74) is 5.69. The molecule has 2 N–H and O–H groups in total. The predicted octanol–water partition coefficient (Wildman–Crippen LogP) is 11.5. The van der Waals surface area contributed by atoms with Gasteiger partial charge in [0.1, 0.15) is 0 Å². The first-order chi connectivity index (χ1) is 16.7. The Kier molecular flexibility index (Phi) is 33.5. The van der Waals surface area contributed by atoms with Crippen LogP contribution in [0.25, 0.3) is 0 Å². The lowest BCUT2D eigenvalue weighted by Gasteiger charge is -2.13. The summed E-state index contributed by atoms with van der Waals surface area (Å²) in [5, 5.41) is 0. The molecule has 0 fully saturated rings. The maximum absolute atomic E-state index is 11.8. The van der Waals surface area contributed by atoms with Gasteiger partial charge in [0.05, 0.1) is 0 Å². The van der Waals surface area contributed by atoms with E-state index >= 15 is 0 Å². The number of carbonyl (C=O) groups excluding carboxylic acids is 1. The molecule has 0 rings (SSSR count). The van der Waals surface area contributed by atoms with Gasteiger partial charge in [-0.2, -0.15) is 0 Å². The first kappa shape index (κ1) is 36.9. The minimum atomic E-state index is -0.0576. The van der Waals surface area contributed by atoms with Crippen LogP contribution in [0.15, 0.2) is 0 Å². The molecule has 0 bridgehead atoms. The molecule has 0 aliphatic rings. The van der Waals surface area contributed by atoms with Crippen molar-refractivity contribution in [3.8, 4) is 0 Å². The first-order valence-corrected chi connectivity index (χ1v) is 16.0. The van der Waals surface area contributed by atoms with Crippen LogP contribution >= 0.6 is 12.4 Å². The summed E-state index contributed by atoms with van der Waals surface area (Å²) in [6, 6.07) is 0. The Bertz CT molecular complexity index is 401. The molecule has 1 amide bonds. The molecule has 0 aromatic carbocycles. The number of unbranched alkanes of at least 4 members (excludes halogenated alkanes) is 24. The van der Waals surface area contributed by atoms with E-state index in [0.29, 0.717) is 0 Å².